The van der Waals surface area contributed by atoms with E-state index in [1.165, 1.54) is 0 Å². The van der Waals surface area contributed by atoms with E-state index in [0.717, 1.165) is 5.56 Å². The van der Waals surface area contributed by atoms with Gasteiger partial charge >= 0.3 is 6.09 Å². The third kappa shape index (κ3) is 4.17. The molecule has 1 atom stereocenters. The summed E-state index contributed by atoms with van der Waals surface area (Å²) < 4.78 is 5.29. The predicted octanol–water partition coefficient (Wildman–Crippen LogP) is 1.86. The van der Waals surface area contributed by atoms with E-state index in [4.69, 9.17) is 4.74 Å². The molecule has 21 heavy (non-hydrogen) atoms. The molecule has 1 amide bonds. The van der Waals surface area contributed by atoms with Crippen LogP contribution in [0.3, 0.4) is 0 Å². The Hall–Kier alpha value is -2.13. The van der Waals surface area contributed by atoms with Gasteiger partial charge in [0.25, 0.3) is 0 Å². The average Bonchev–Trinajstić information content (AvgIpc) is 2.36. The number of rotatable bonds is 3. The predicted molar refractivity (Wildman–Crippen MR) is 77.3 cm³/mol. The number of likely N-dealkylation sites (tertiary alicyclic amines) is 1. The van der Waals surface area contributed by atoms with Crippen LogP contribution in [-0.4, -0.2) is 40.7 Å². The van der Waals surface area contributed by atoms with Crippen molar-refractivity contribution in [3.05, 3.63) is 30.1 Å². The number of ether oxygens (including phenoxy) is 1. The lowest BCUT2D eigenvalue weighted by atomic mass is 10.1. The van der Waals surface area contributed by atoms with Gasteiger partial charge in [-0.25, -0.2) is 4.79 Å². The van der Waals surface area contributed by atoms with E-state index in [1.807, 2.05) is 26.8 Å². The summed E-state index contributed by atoms with van der Waals surface area (Å²) in [7, 11) is 0. The second kappa shape index (κ2) is 6.10. The quantitative estimate of drug-likeness (QED) is 0.918. The molecule has 6 nitrogen and oxygen atoms in total. The van der Waals surface area contributed by atoms with Crippen LogP contribution < -0.4 is 5.32 Å². The number of carbonyl (C=O) groups excluding carboxylic acids is 1. The molecule has 1 aromatic rings. The number of hydrogen-bond donors (Lipinski definition) is 1. The lowest BCUT2D eigenvalue weighted by Crippen LogP contribution is -2.60. The van der Waals surface area contributed by atoms with E-state index in [1.54, 1.807) is 23.4 Å². The maximum atomic E-state index is 11.8. The summed E-state index contributed by atoms with van der Waals surface area (Å²) in [5.74, 6) is 0. The molecule has 1 aliphatic rings. The number of hydrogen-bond acceptors (Lipinski definition) is 5. The minimum atomic E-state index is -0.486. The summed E-state index contributed by atoms with van der Waals surface area (Å²) in [6, 6.07) is 5.56. The van der Waals surface area contributed by atoms with Crippen molar-refractivity contribution < 1.29 is 9.53 Å². The molecule has 2 rings (SSSR count). The molecule has 1 fully saturated rings. The van der Waals surface area contributed by atoms with Crippen molar-refractivity contribution in [2.24, 2.45) is 0 Å². The van der Waals surface area contributed by atoms with Gasteiger partial charge < -0.3 is 9.64 Å². The van der Waals surface area contributed by atoms with Gasteiger partial charge in [-0.3, -0.25) is 10.3 Å². The minimum absolute atomic E-state index is 0.0994. The van der Waals surface area contributed by atoms with E-state index in [0.29, 0.717) is 13.1 Å². The highest BCUT2D eigenvalue weighted by Crippen LogP contribution is 2.18. The summed E-state index contributed by atoms with van der Waals surface area (Å²) >= 11 is 0. The third-order valence-corrected chi connectivity index (χ3v) is 3.08. The molecule has 2 heterocycles. The standard InChI is InChI=1S/C15H20N4O2/c1-15(2,3)21-14(20)19-9-12(10-19)18-13(7-16)11-5-4-6-17-8-11/h4-6,8,12-13,18H,9-10H2,1-3H3. The summed E-state index contributed by atoms with van der Waals surface area (Å²) in [5, 5.41) is 12.4. The first-order chi connectivity index (χ1) is 9.89. The van der Waals surface area contributed by atoms with Crippen LogP contribution in [0.2, 0.25) is 0 Å². The van der Waals surface area contributed by atoms with Gasteiger partial charge in [-0.1, -0.05) is 6.07 Å². The Morgan fingerprint density at radius 2 is 2.29 bits per heavy atom. The molecule has 112 valence electrons. The first kappa shape index (κ1) is 15.3. The van der Waals surface area contributed by atoms with Crippen molar-refractivity contribution in [2.45, 2.75) is 38.5 Å². The van der Waals surface area contributed by atoms with Gasteiger partial charge in [0.05, 0.1) is 6.07 Å². The smallest absolute Gasteiger partial charge is 0.410 e. The number of carbonyl (C=O) groups is 1. The maximum absolute atomic E-state index is 11.8. The number of amides is 1. The van der Waals surface area contributed by atoms with Gasteiger partial charge in [0.2, 0.25) is 0 Å². The second-order valence-corrected chi connectivity index (χ2v) is 6.10. The van der Waals surface area contributed by atoms with Gasteiger partial charge in [-0.05, 0) is 26.8 Å². The van der Waals surface area contributed by atoms with Crippen LogP contribution in [0.5, 0.6) is 0 Å². The zero-order valence-electron chi connectivity index (χ0n) is 12.5. The molecule has 0 spiro atoms. The van der Waals surface area contributed by atoms with Crippen molar-refractivity contribution in [2.75, 3.05) is 13.1 Å². The molecule has 0 aromatic carbocycles. The highest BCUT2D eigenvalue weighted by atomic mass is 16.6. The highest BCUT2D eigenvalue weighted by molar-refractivity contribution is 5.69. The molecule has 1 aromatic heterocycles. The first-order valence-electron chi connectivity index (χ1n) is 6.92. The average molecular weight is 288 g/mol. The van der Waals surface area contributed by atoms with Crippen molar-refractivity contribution in [3.8, 4) is 6.07 Å². The molecule has 0 saturated carbocycles. The van der Waals surface area contributed by atoms with E-state index in [9.17, 15) is 10.1 Å². The number of nitrogens with one attached hydrogen (secondary N) is 1. The zero-order chi connectivity index (χ0) is 15.5. The zero-order valence-corrected chi connectivity index (χ0v) is 12.5. The largest absolute Gasteiger partial charge is 0.444 e. The number of nitriles is 1. The Morgan fingerprint density at radius 3 is 2.81 bits per heavy atom. The van der Waals surface area contributed by atoms with Crippen molar-refractivity contribution in [1.82, 2.24) is 15.2 Å². The van der Waals surface area contributed by atoms with Crippen LogP contribution in [-0.2, 0) is 4.74 Å². The van der Waals surface area contributed by atoms with E-state index in [-0.39, 0.29) is 12.1 Å². The third-order valence-electron chi connectivity index (χ3n) is 3.08. The second-order valence-electron chi connectivity index (χ2n) is 6.10. The molecule has 0 radical (unpaired) electrons. The molecule has 0 bridgehead atoms. The molecular weight excluding hydrogens is 268 g/mol. The van der Waals surface area contributed by atoms with Gasteiger partial charge in [-0.15, -0.1) is 0 Å². The molecule has 0 aliphatic carbocycles. The summed E-state index contributed by atoms with van der Waals surface area (Å²) in [5.41, 5.74) is 0.344. The van der Waals surface area contributed by atoms with Crippen LogP contribution in [0.25, 0.3) is 0 Å². The molecule has 6 heteroatoms. The van der Waals surface area contributed by atoms with Crippen LogP contribution in [0.1, 0.15) is 32.4 Å². The Kier molecular flexibility index (Phi) is 4.43. The number of pyridine rings is 1. The topological polar surface area (TPSA) is 78.2 Å². The van der Waals surface area contributed by atoms with Crippen molar-refractivity contribution in [3.63, 3.8) is 0 Å². The van der Waals surface area contributed by atoms with E-state index in [2.05, 4.69) is 16.4 Å². The van der Waals surface area contributed by atoms with Crippen LogP contribution in [0.4, 0.5) is 4.79 Å². The first-order valence-corrected chi connectivity index (χ1v) is 6.92. The summed E-state index contributed by atoms with van der Waals surface area (Å²) in [4.78, 5) is 17.5. The lowest BCUT2D eigenvalue weighted by Gasteiger charge is -2.40. The van der Waals surface area contributed by atoms with Crippen molar-refractivity contribution in [1.29, 1.82) is 5.26 Å². The Morgan fingerprint density at radius 1 is 1.57 bits per heavy atom. The van der Waals surface area contributed by atoms with E-state index < -0.39 is 11.6 Å². The van der Waals surface area contributed by atoms with Gasteiger partial charge in [0, 0.05) is 37.1 Å². The Labute approximate surface area is 124 Å². The Balaban J connectivity index is 1.82. The normalized spacial score (nSPS) is 16.8. The maximum Gasteiger partial charge on any atom is 0.410 e. The molecule has 1 N–H and O–H groups in total. The SMILES string of the molecule is CC(C)(C)OC(=O)N1CC(NC(C#N)c2cccnc2)C1. The van der Waals surface area contributed by atoms with Gasteiger partial charge in [0.1, 0.15) is 11.6 Å². The number of nitrogens with zero attached hydrogens (tertiary/aromatic N) is 3. The molecule has 1 saturated heterocycles. The fourth-order valence-electron chi connectivity index (χ4n) is 2.05. The van der Waals surface area contributed by atoms with Gasteiger partial charge in [0.15, 0.2) is 0 Å². The van der Waals surface area contributed by atoms with Gasteiger partial charge in [-0.2, -0.15) is 5.26 Å². The molecule has 1 unspecified atom stereocenters. The lowest BCUT2D eigenvalue weighted by molar-refractivity contribution is 0.00474. The summed E-state index contributed by atoms with van der Waals surface area (Å²) in [6.07, 6.45) is 3.03. The van der Waals surface area contributed by atoms with Crippen LogP contribution >= 0.6 is 0 Å². The van der Waals surface area contributed by atoms with E-state index >= 15 is 0 Å². The number of aromatic nitrogens is 1. The fourth-order valence-corrected chi connectivity index (χ4v) is 2.05. The molecular formula is C15H20N4O2. The monoisotopic (exact) mass is 288 g/mol. The summed E-state index contributed by atoms with van der Waals surface area (Å²) in [6.45, 7) is 6.62. The molecule has 1 aliphatic heterocycles. The fraction of sp³-hybridized carbons (Fsp3) is 0.533. The Bertz CT molecular complexity index is 527. The minimum Gasteiger partial charge on any atom is -0.444 e. The van der Waals surface area contributed by atoms with Crippen LogP contribution in [0.15, 0.2) is 24.5 Å². The van der Waals surface area contributed by atoms with Crippen molar-refractivity contribution >= 4 is 6.09 Å². The van der Waals surface area contributed by atoms with Crippen LogP contribution in [0, 0.1) is 11.3 Å². The highest BCUT2D eigenvalue weighted by Gasteiger charge is 2.34.